The van der Waals surface area contributed by atoms with Crippen molar-refractivity contribution in [2.45, 2.75) is 17.6 Å². The molecule has 0 radical (unpaired) electrons. The van der Waals surface area contributed by atoms with Crippen LogP contribution in [0, 0.1) is 0 Å². The Balaban J connectivity index is 0.00000196. The van der Waals surface area contributed by atoms with Crippen molar-refractivity contribution in [1.29, 1.82) is 0 Å². The summed E-state index contributed by atoms with van der Waals surface area (Å²) in [4.78, 5) is 24.5. The number of Topliss-reactive ketones (excluding diaryl/α,β-unsaturated/α-hetero) is 1. The van der Waals surface area contributed by atoms with Crippen LogP contribution in [0.1, 0.15) is 22.9 Å². The van der Waals surface area contributed by atoms with Crippen LogP contribution < -0.4 is 34.5 Å². The van der Waals surface area contributed by atoms with E-state index in [1.807, 2.05) is 0 Å². The third-order valence-electron chi connectivity index (χ3n) is 3.89. The molecule has 11 heteroatoms. The van der Waals surface area contributed by atoms with Gasteiger partial charge in [-0.05, 0) is 29.8 Å². The third-order valence-corrected chi connectivity index (χ3v) is 4.74. The van der Waals surface area contributed by atoms with E-state index in [2.05, 4.69) is 0 Å². The third kappa shape index (κ3) is 4.09. The van der Waals surface area contributed by atoms with Gasteiger partial charge in [0, 0.05) is 0 Å². The van der Waals surface area contributed by atoms with Crippen LogP contribution in [0.3, 0.4) is 0 Å². The molecule has 0 unspecified atom stereocenters. The minimum Gasteiger partial charge on any atom is -1.00 e. The van der Waals surface area contributed by atoms with E-state index in [9.17, 15) is 31.2 Å². The molecule has 1 heterocycles. The fourth-order valence-electron chi connectivity index (χ4n) is 2.70. The molecular formula is C16H11F3NNaO5S. The molecule has 1 aliphatic rings. The van der Waals surface area contributed by atoms with E-state index in [1.165, 1.54) is 18.2 Å². The fraction of sp³-hybridized carbons (Fsp3) is 0.125. The van der Waals surface area contributed by atoms with Crippen molar-refractivity contribution in [1.82, 2.24) is 0 Å². The molecule has 1 N–H and O–H groups in total. The van der Waals surface area contributed by atoms with Crippen molar-refractivity contribution in [2.24, 2.45) is 0 Å². The Hall–Kier alpha value is -1.72. The Morgan fingerprint density at radius 1 is 1.07 bits per heavy atom. The van der Waals surface area contributed by atoms with E-state index in [1.54, 1.807) is 0 Å². The summed E-state index contributed by atoms with van der Waals surface area (Å²) >= 11 is 0. The first-order valence-electron chi connectivity index (χ1n) is 7.13. The largest absolute Gasteiger partial charge is 1.00 e. The molecule has 2 aromatic carbocycles. The van der Waals surface area contributed by atoms with Gasteiger partial charge in [0.05, 0.1) is 28.3 Å². The maximum absolute atomic E-state index is 13.1. The second kappa shape index (κ2) is 7.36. The number of anilines is 1. The summed E-state index contributed by atoms with van der Waals surface area (Å²) in [5.74, 6) is -2.14. The van der Waals surface area contributed by atoms with Crippen molar-refractivity contribution >= 4 is 27.5 Å². The Labute approximate surface area is 175 Å². The Kier molecular flexibility index (Phi) is 5.88. The zero-order valence-corrected chi connectivity index (χ0v) is 16.6. The summed E-state index contributed by atoms with van der Waals surface area (Å²) in [6.45, 7) is -0.515. The number of nitrogens with zero attached hydrogens (tertiary/aromatic N) is 1. The van der Waals surface area contributed by atoms with Crippen molar-refractivity contribution in [3.05, 3.63) is 59.2 Å². The van der Waals surface area contributed by atoms with E-state index in [4.69, 9.17) is 4.55 Å². The van der Waals surface area contributed by atoms with Crippen molar-refractivity contribution < 1.29 is 66.7 Å². The van der Waals surface area contributed by atoms with Gasteiger partial charge in [0.15, 0.2) is 0 Å². The topological polar surface area (TPSA) is 91.8 Å². The predicted octanol–water partition coefficient (Wildman–Crippen LogP) is -0.202. The van der Waals surface area contributed by atoms with Gasteiger partial charge in [-0.2, -0.15) is 21.6 Å². The van der Waals surface area contributed by atoms with E-state index in [0.717, 1.165) is 29.2 Å². The van der Waals surface area contributed by atoms with Crippen LogP contribution in [-0.4, -0.2) is 24.7 Å². The van der Waals surface area contributed by atoms with Gasteiger partial charge in [-0.3, -0.25) is 14.1 Å². The van der Waals surface area contributed by atoms with Gasteiger partial charge < -0.3 is 6.33 Å². The van der Waals surface area contributed by atoms with Gasteiger partial charge in [-0.25, -0.2) is 0 Å². The molecule has 1 amide bonds. The Morgan fingerprint density at radius 3 is 2.30 bits per heavy atom. The number of alkyl halides is 3. The zero-order valence-electron chi connectivity index (χ0n) is 14.8. The number of hydrogen-bond donors (Lipinski definition) is 1. The maximum atomic E-state index is 13.1. The Bertz CT molecular complexity index is 1040. The average molecular weight is 409 g/mol. The van der Waals surface area contributed by atoms with E-state index >= 15 is 0 Å². The molecule has 0 saturated carbocycles. The van der Waals surface area contributed by atoms with Crippen LogP contribution in [0.25, 0.3) is 0 Å². The molecule has 1 aliphatic heterocycles. The van der Waals surface area contributed by atoms with Crippen molar-refractivity contribution in [2.75, 3.05) is 4.90 Å². The van der Waals surface area contributed by atoms with Gasteiger partial charge in [-0.1, -0.05) is 18.2 Å². The van der Waals surface area contributed by atoms with Crippen LogP contribution in [0.15, 0.2) is 47.4 Å². The molecule has 0 fully saturated rings. The van der Waals surface area contributed by atoms with Gasteiger partial charge in [0.25, 0.3) is 21.8 Å². The molecule has 3 rings (SSSR count). The molecule has 0 saturated heterocycles. The normalized spacial score (nSPS) is 14.1. The van der Waals surface area contributed by atoms with Gasteiger partial charge in [0.1, 0.15) is 0 Å². The molecule has 2 aromatic rings. The minimum atomic E-state index is -4.64. The van der Waals surface area contributed by atoms with E-state index < -0.39 is 45.0 Å². The number of halogens is 3. The van der Waals surface area contributed by atoms with Gasteiger partial charge in [0.2, 0.25) is 0 Å². The van der Waals surface area contributed by atoms with Crippen molar-refractivity contribution in [3.63, 3.8) is 0 Å². The van der Waals surface area contributed by atoms with E-state index in [-0.39, 0.29) is 47.8 Å². The summed E-state index contributed by atoms with van der Waals surface area (Å²) in [5, 5.41) is 0. The SMILES string of the molecule is O=C1C(=O)N(Cc2ccccc2C(F)(F)F)c2ccc(S(=O)(=O)O)cc21.[H-].[Na+]. The second-order valence-corrected chi connectivity index (χ2v) is 6.95. The first-order chi connectivity index (χ1) is 12.0. The molecule has 138 valence electrons. The molecular weight excluding hydrogens is 398 g/mol. The maximum Gasteiger partial charge on any atom is 1.00 e. The molecule has 0 atom stereocenters. The number of benzene rings is 2. The zero-order chi connectivity index (χ0) is 19.3. The first-order valence-corrected chi connectivity index (χ1v) is 8.57. The molecule has 0 aromatic heterocycles. The average Bonchev–Trinajstić information content (AvgIpc) is 2.78. The molecule has 6 nitrogen and oxygen atoms in total. The fourth-order valence-corrected chi connectivity index (χ4v) is 3.21. The standard InChI is InChI=1S/C16H10F3NO5S.Na.H/c17-16(18,19)12-4-2-1-3-9(12)8-20-13-6-5-10(26(23,24)25)7-11(13)14(21)15(20)22;;/h1-7H,8H2,(H,23,24,25);;/q;+1;-1. The van der Waals surface area contributed by atoms with E-state index in [0.29, 0.717) is 0 Å². The quantitative estimate of drug-likeness (QED) is 0.431. The smallest absolute Gasteiger partial charge is 1.00 e. The molecule has 0 bridgehead atoms. The van der Waals surface area contributed by atoms with Crippen LogP contribution >= 0.6 is 0 Å². The molecule has 0 spiro atoms. The summed E-state index contributed by atoms with van der Waals surface area (Å²) in [6.07, 6.45) is -4.64. The van der Waals surface area contributed by atoms with Crippen LogP contribution in [0.5, 0.6) is 0 Å². The number of amides is 1. The summed E-state index contributed by atoms with van der Waals surface area (Å²) < 4.78 is 70.7. The number of carbonyl (C=O) groups is 2. The van der Waals surface area contributed by atoms with Crippen LogP contribution in [-0.2, 0) is 27.6 Å². The number of carbonyl (C=O) groups excluding carboxylic acids is 2. The number of ketones is 1. The number of fused-ring (bicyclic) bond motifs is 1. The summed E-state index contributed by atoms with van der Waals surface area (Å²) in [7, 11) is -4.60. The first kappa shape index (κ1) is 21.6. The summed E-state index contributed by atoms with van der Waals surface area (Å²) in [5.41, 5.74) is -1.48. The number of rotatable bonds is 3. The predicted molar refractivity (Wildman–Crippen MR) is 84.3 cm³/mol. The summed E-state index contributed by atoms with van der Waals surface area (Å²) in [6, 6.07) is 7.50. The van der Waals surface area contributed by atoms with Gasteiger partial charge in [-0.15, -0.1) is 0 Å². The molecule has 0 aliphatic carbocycles. The second-order valence-electron chi connectivity index (χ2n) is 5.53. The monoisotopic (exact) mass is 409 g/mol. The number of hydrogen-bond acceptors (Lipinski definition) is 4. The van der Waals surface area contributed by atoms with Gasteiger partial charge >= 0.3 is 35.7 Å². The van der Waals surface area contributed by atoms with Crippen LogP contribution in [0.2, 0.25) is 0 Å². The molecule has 27 heavy (non-hydrogen) atoms. The minimum absolute atomic E-state index is 0. The van der Waals surface area contributed by atoms with Crippen LogP contribution in [0.4, 0.5) is 18.9 Å². The van der Waals surface area contributed by atoms with Crippen molar-refractivity contribution in [3.8, 4) is 0 Å². The Morgan fingerprint density at radius 2 is 1.70 bits per heavy atom.